The summed E-state index contributed by atoms with van der Waals surface area (Å²) in [5.74, 6) is -0.558. The van der Waals surface area contributed by atoms with Crippen LogP contribution < -0.4 is 14.8 Å². The number of nitrogens with one attached hydrogen (secondary N) is 2. The van der Waals surface area contributed by atoms with Gasteiger partial charge < -0.3 is 14.8 Å². The van der Waals surface area contributed by atoms with E-state index in [4.69, 9.17) is 9.47 Å². The minimum atomic E-state index is -3.58. The summed E-state index contributed by atoms with van der Waals surface area (Å²) in [7, 11) is -2.04. The minimum Gasteiger partial charge on any atom is -0.497 e. The lowest BCUT2D eigenvalue weighted by Gasteiger charge is -2.08. The highest BCUT2D eigenvalue weighted by Crippen LogP contribution is 2.22. The van der Waals surface area contributed by atoms with Gasteiger partial charge in [0.05, 0.1) is 17.6 Å². The zero-order valence-corrected chi connectivity index (χ0v) is 16.0. The molecule has 28 heavy (non-hydrogen) atoms. The van der Waals surface area contributed by atoms with Crippen LogP contribution in [0.1, 0.15) is 23.2 Å². The molecule has 0 unspecified atom stereocenters. The lowest BCUT2D eigenvalue weighted by molar-refractivity contribution is -0.119. The van der Waals surface area contributed by atoms with E-state index in [1.807, 2.05) is 0 Å². The average molecular weight is 404 g/mol. The summed E-state index contributed by atoms with van der Waals surface area (Å²) in [5.41, 5.74) is 0.696. The third-order valence-corrected chi connectivity index (χ3v) is 5.54. The molecule has 0 aliphatic heterocycles. The quantitative estimate of drug-likeness (QED) is 0.651. The van der Waals surface area contributed by atoms with Gasteiger partial charge in [-0.15, -0.1) is 0 Å². The molecule has 0 heterocycles. The molecule has 3 rings (SSSR count). The lowest BCUT2D eigenvalue weighted by atomic mass is 10.2. The van der Waals surface area contributed by atoms with E-state index >= 15 is 0 Å². The fourth-order valence-electron chi connectivity index (χ4n) is 2.34. The molecule has 1 aliphatic carbocycles. The minimum absolute atomic E-state index is 0.00106. The number of carbonyl (C=O) groups excluding carboxylic acids is 2. The SMILES string of the molecule is COc1ccc(NC(=O)COC(=O)c2ccc(S(=O)(=O)NC3CC3)cc2)cc1. The normalized spacial score (nSPS) is 13.6. The van der Waals surface area contributed by atoms with Crippen LogP contribution in [0.5, 0.6) is 5.75 Å². The zero-order chi connectivity index (χ0) is 20.1. The Morgan fingerprint density at radius 3 is 2.25 bits per heavy atom. The Morgan fingerprint density at radius 1 is 1.04 bits per heavy atom. The number of amides is 1. The van der Waals surface area contributed by atoms with Crippen LogP contribution in [0.2, 0.25) is 0 Å². The topological polar surface area (TPSA) is 111 Å². The third-order valence-electron chi connectivity index (χ3n) is 4.01. The summed E-state index contributed by atoms with van der Waals surface area (Å²) in [6.07, 6.45) is 1.67. The molecule has 0 spiro atoms. The van der Waals surface area contributed by atoms with Crippen LogP contribution in [0.3, 0.4) is 0 Å². The maximum absolute atomic E-state index is 12.1. The van der Waals surface area contributed by atoms with E-state index in [-0.39, 0.29) is 16.5 Å². The van der Waals surface area contributed by atoms with Crippen molar-refractivity contribution in [3.8, 4) is 5.75 Å². The van der Waals surface area contributed by atoms with E-state index in [2.05, 4.69) is 10.0 Å². The Bertz CT molecular complexity index is 951. The van der Waals surface area contributed by atoms with Crippen molar-refractivity contribution >= 4 is 27.6 Å². The Kier molecular flexibility index (Phi) is 5.96. The first-order valence-corrected chi connectivity index (χ1v) is 10.1. The molecular formula is C19H20N2O6S. The summed E-state index contributed by atoms with van der Waals surface area (Å²) in [4.78, 5) is 24.0. The largest absolute Gasteiger partial charge is 0.497 e. The Labute approximate surface area is 162 Å². The second-order valence-electron chi connectivity index (χ2n) is 6.27. The molecule has 0 radical (unpaired) electrons. The molecule has 9 heteroatoms. The number of benzene rings is 2. The van der Waals surface area contributed by atoms with Crippen molar-refractivity contribution in [3.63, 3.8) is 0 Å². The molecule has 2 aromatic rings. The van der Waals surface area contributed by atoms with Crippen molar-refractivity contribution in [2.75, 3.05) is 19.0 Å². The molecule has 1 aliphatic rings. The van der Waals surface area contributed by atoms with Crippen molar-refractivity contribution < 1.29 is 27.5 Å². The molecule has 148 valence electrons. The van der Waals surface area contributed by atoms with Gasteiger partial charge in [-0.25, -0.2) is 17.9 Å². The number of carbonyl (C=O) groups is 2. The van der Waals surface area contributed by atoms with E-state index in [0.717, 1.165) is 12.8 Å². The van der Waals surface area contributed by atoms with Crippen LogP contribution in [0, 0.1) is 0 Å². The number of sulfonamides is 1. The van der Waals surface area contributed by atoms with Crippen LogP contribution in [0.25, 0.3) is 0 Å². The standard InChI is InChI=1S/C19H20N2O6S/c1-26-16-8-6-14(7-9-16)20-18(22)12-27-19(23)13-2-10-17(11-3-13)28(24,25)21-15-4-5-15/h2-3,6-11,15,21H,4-5,12H2,1H3,(H,20,22). The zero-order valence-electron chi connectivity index (χ0n) is 15.2. The molecule has 2 N–H and O–H groups in total. The molecule has 2 aromatic carbocycles. The first-order chi connectivity index (χ1) is 13.4. The number of esters is 1. The third kappa shape index (κ3) is 5.30. The van der Waals surface area contributed by atoms with E-state index < -0.39 is 28.5 Å². The molecule has 0 atom stereocenters. The van der Waals surface area contributed by atoms with Crippen molar-refractivity contribution in [1.29, 1.82) is 0 Å². The van der Waals surface area contributed by atoms with Gasteiger partial charge in [0.1, 0.15) is 5.75 Å². The number of hydrogen-bond acceptors (Lipinski definition) is 6. The second kappa shape index (κ2) is 8.41. The second-order valence-corrected chi connectivity index (χ2v) is 7.99. The number of methoxy groups -OCH3 is 1. The number of ether oxygens (including phenoxy) is 2. The highest BCUT2D eigenvalue weighted by molar-refractivity contribution is 7.89. The molecule has 1 amide bonds. The fraction of sp³-hybridized carbons (Fsp3) is 0.263. The van der Waals surface area contributed by atoms with E-state index in [0.29, 0.717) is 11.4 Å². The number of anilines is 1. The smallest absolute Gasteiger partial charge is 0.338 e. The van der Waals surface area contributed by atoms with E-state index in [1.165, 1.54) is 24.3 Å². The summed E-state index contributed by atoms with van der Waals surface area (Å²) < 4.78 is 36.8. The summed E-state index contributed by atoms with van der Waals surface area (Å²) in [6.45, 7) is -0.464. The van der Waals surface area contributed by atoms with Gasteiger partial charge >= 0.3 is 5.97 Å². The van der Waals surface area contributed by atoms with Gasteiger partial charge in [-0.2, -0.15) is 0 Å². The van der Waals surface area contributed by atoms with Gasteiger partial charge in [-0.1, -0.05) is 0 Å². The first kappa shape index (κ1) is 19.8. The summed E-state index contributed by atoms with van der Waals surface area (Å²) in [6, 6.07) is 12.1. The van der Waals surface area contributed by atoms with Crippen LogP contribution in [-0.2, 0) is 19.6 Å². The van der Waals surface area contributed by atoms with Gasteiger partial charge in [0.2, 0.25) is 10.0 Å². The predicted octanol–water partition coefficient (Wildman–Crippen LogP) is 1.93. The molecule has 0 aromatic heterocycles. The Balaban J connectivity index is 1.51. The average Bonchev–Trinajstić information content (AvgIpc) is 3.50. The molecular weight excluding hydrogens is 384 g/mol. The van der Waals surface area contributed by atoms with Crippen LogP contribution in [-0.4, -0.2) is 40.1 Å². The van der Waals surface area contributed by atoms with E-state index in [9.17, 15) is 18.0 Å². The van der Waals surface area contributed by atoms with Gasteiger partial charge in [-0.3, -0.25) is 4.79 Å². The van der Waals surface area contributed by atoms with Crippen LogP contribution in [0.4, 0.5) is 5.69 Å². The molecule has 8 nitrogen and oxygen atoms in total. The molecule has 0 bridgehead atoms. The Hall–Kier alpha value is -2.91. The van der Waals surface area contributed by atoms with Gasteiger partial charge in [0.25, 0.3) is 5.91 Å². The first-order valence-electron chi connectivity index (χ1n) is 8.61. The molecule has 1 saturated carbocycles. The predicted molar refractivity (Wildman–Crippen MR) is 102 cm³/mol. The highest BCUT2D eigenvalue weighted by Gasteiger charge is 2.28. The molecule has 0 saturated heterocycles. The van der Waals surface area contributed by atoms with Gasteiger partial charge in [0, 0.05) is 11.7 Å². The van der Waals surface area contributed by atoms with Gasteiger partial charge in [0.15, 0.2) is 6.61 Å². The van der Waals surface area contributed by atoms with E-state index in [1.54, 1.807) is 31.4 Å². The summed E-state index contributed by atoms with van der Waals surface area (Å²) in [5, 5.41) is 2.59. The number of rotatable bonds is 8. The fourth-order valence-corrected chi connectivity index (χ4v) is 3.65. The van der Waals surface area contributed by atoms with Crippen LogP contribution >= 0.6 is 0 Å². The van der Waals surface area contributed by atoms with Crippen molar-refractivity contribution in [2.45, 2.75) is 23.8 Å². The highest BCUT2D eigenvalue weighted by atomic mass is 32.2. The lowest BCUT2D eigenvalue weighted by Crippen LogP contribution is -2.25. The number of hydrogen-bond donors (Lipinski definition) is 2. The molecule has 1 fully saturated rings. The summed E-state index contributed by atoms with van der Waals surface area (Å²) >= 11 is 0. The van der Waals surface area contributed by atoms with Crippen molar-refractivity contribution in [3.05, 3.63) is 54.1 Å². The van der Waals surface area contributed by atoms with Gasteiger partial charge in [-0.05, 0) is 61.4 Å². The van der Waals surface area contributed by atoms with Crippen molar-refractivity contribution in [2.24, 2.45) is 0 Å². The van der Waals surface area contributed by atoms with Crippen molar-refractivity contribution in [1.82, 2.24) is 4.72 Å². The maximum Gasteiger partial charge on any atom is 0.338 e. The monoisotopic (exact) mass is 404 g/mol. The Morgan fingerprint density at radius 2 is 1.68 bits per heavy atom. The van der Waals surface area contributed by atoms with Crippen LogP contribution in [0.15, 0.2) is 53.4 Å². The maximum atomic E-state index is 12.1.